The van der Waals surface area contributed by atoms with E-state index in [1.165, 1.54) is 62.8 Å². The molecule has 30 heteroatoms. The number of amides is 8. The largest absolute Gasteiger partial charge is 0.502 e. The molecule has 4 aromatic heterocycles. The fourth-order valence-corrected chi connectivity index (χ4v) is 16.8. The fourth-order valence-electron chi connectivity index (χ4n) is 16.8. The van der Waals surface area contributed by atoms with Crippen LogP contribution in [0.4, 0.5) is 38.9 Å². The molecule has 0 bridgehead atoms. The molecular formula is C120H88N16O14. The quantitative estimate of drug-likeness (QED) is 0.0238. The number of nitriles is 1. The maximum absolute atomic E-state index is 13.6. The summed E-state index contributed by atoms with van der Waals surface area (Å²) in [7, 11) is 0. The number of aromatic hydroxyl groups is 3. The van der Waals surface area contributed by atoms with Crippen LogP contribution in [-0.4, -0.2) is 101 Å². The number of rotatable bonds is 20. The number of hydrogen-bond acceptors (Lipinski definition) is 18. The van der Waals surface area contributed by atoms with Crippen LogP contribution in [0.3, 0.4) is 0 Å². The molecule has 4 aliphatic rings. The van der Waals surface area contributed by atoms with Crippen molar-refractivity contribution in [1.82, 2.24) is 33.3 Å². The van der Waals surface area contributed by atoms with Gasteiger partial charge in [0.05, 0.1) is 91.4 Å². The second-order valence-electron chi connectivity index (χ2n) is 33.6. The average molecular weight is 1980 g/mol. The van der Waals surface area contributed by atoms with Crippen molar-refractivity contribution < 1.29 is 48.9 Å². The van der Waals surface area contributed by atoms with Crippen LogP contribution in [0.2, 0.25) is 0 Å². The monoisotopic (exact) mass is 1980 g/mol. The summed E-state index contributed by atoms with van der Waals surface area (Å²) in [5, 5.41) is 62.3. The standard InChI is InChI=1S/C35H24N4O6.C33H24N4O2.C29H20N4O4.C23H20N4O2/c40-30-28(31(41)37(25-16-7-2-8-17-25)34(44)36(30)24-14-5-1-6-15-24)22-13-23-29-32(42)38(26-18-9-3-10-19-26)35(45)39(33(29)43)27-20-11-4-12-21-27;38-32-28(30(24-14-5-1-6-15-24)34-36(32)26-18-9-3-10-19-26)22-13-23-29-31(25-16-7-2-8-17-25)35-37(33(29)39)27-20-11-4-12-21-27;1-18-22(26(34)32(28(36)24(18)17-30)20-11-6-4-7-12-20)15-10-16-23-19(2)25(31-3)29(37)33(27(23)35)21-13-8-5-9-14-21;1-16-20(22(28)26(24-16)18-10-5-3-6-11-18)14-9-15-21-17(2)25-27(23(21)29)19-12-7-4-8-13-19/h1-23,40H;1-23,38H;4-16,37H,1-2H3;3-15,24H,1-2H3/b22-13+;22-13+,29-23?;;14-9+,21-15?. The number of nitrogens with one attached hydrogen (secondary N) is 1. The van der Waals surface area contributed by atoms with Crippen molar-refractivity contribution in [2.24, 2.45) is 10.2 Å². The predicted octanol–water partition coefficient (Wildman–Crippen LogP) is 20.1. The van der Waals surface area contributed by atoms with E-state index in [0.29, 0.717) is 62.1 Å². The van der Waals surface area contributed by atoms with Gasteiger partial charge in [0.15, 0.2) is 0 Å². The minimum Gasteiger partial charge on any atom is -0.502 e. The summed E-state index contributed by atoms with van der Waals surface area (Å²) in [6.45, 7) is 14.2. The van der Waals surface area contributed by atoms with E-state index in [1.54, 1.807) is 232 Å². The third kappa shape index (κ3) is 20.7. The Morgan fingerprint density at radius 3 is 1.17 bits per heavy atom. The van der Waals surface area contributed by atoms with Crippen LogP contribution in [0.1, 0.15) is 52.9 Å². The number of nitrogens with zero attached hydrogens (tertiary/aromatic N) is 15. The minimum atomic E-state index is -0.867. The van der Waals surface area contributed by atoms with Crippen molar-refractivity contribution >= 4 is 111 Å². The number of benzene rings is 12. The van der Waals surface area contributed by atoms with E-state index in [2.05, 4.69) is 20.1 Å². The van der Waals surface area contributed by atoms with E-state index in [-0.39, 0.29) is 85.0 Å². The normalized spacial score (nSPS) is 14.4. The molecule has 0 spiro atoms. The van der Waals surface area contributed by atoms with Gasteiger partial charge in [0.2, 0.25) is 23.3 Å². The Labute approximate surface area is 857 Å². The molecule has 4 N–H and O–H groups in total. The number of aromatic nitrogens is 7. The van der Waals surface area contributed by atoms with Crippen molar-refractivity contribution in [3.8, 4) is 63.4 Å². The number of hydrogen-bond donors (Lipinski definition) is 4. The fraction of sp³-hybridized carbons (Fsp3) is 0.0333. The predicted molar refractivity (Wildman–Crippen MR) is 579 cm³/mol. The van der Waals surface area contributed by atoms with Gasteiger partial charge in [-0.25, -0.2) is 47.6 Å². The van der Waals surface area contributed by atoms with Crippen molar-refractivity contribution in [2.45, 2.75) is 27.7 Å². The van der Waals surface area contributed by atoms with E-state index in [1.807, 2.05) is 195 Å². The number of barbiturate groups is 1. The van der Waals surface area contributed by atoms with Crippen LogP contribution >= 0.6 is 0 Å². The summed E-state index contributed by atoms with van der Waals surface area (Å²) >= 11 is 0. The van der Waals surface area contributed by atoms with Crippen molar-refractivity contribution in [2.75, 3.05) is 24.7 Å². The number of carbonyl (C=O) groups excluding carboxylic acids is 7. The van der Waals surface area contributed by atoms with Gasteiger partial charge in [0.1, 0.15) is 34.2 Å². The van der Waals surface area contributed by atoms with Gasteiger partial charge in [-0.1, -0.05) is 273 Å². The smallest absolute Gasteiger partial charge is 0.343 e. The Bertz CT molecular complexity index is 8620. The molecule has 1 saturated heterocycles. The zero-order valence-electron chi connectivity index (χ0n) is 80.6. The average Bonchev–Trinajstić information content (AvgIpc) is 1.22. The molecule has 8 heterocycles. The molecule has 1 fully saturated rings. The molecule has 20 rings (SSSR count). The molecule has 30 nitrogen and oxygen atoms in total. The summed E-state index contributed by atoms with van der Waals surface area (Å²) in [6.07, 6.45) is 18.4. The summed E-state index contributed by atoms with van der Waals surface area (Å²) in [5.41, 5.74) is 8.69. The molecule has 732 valence electrons. The summed E-state index contributed by atoms with van der Waals surface area (Å²) in [6, 6.07) is 107. The molecular weight excluding hydrogens is 1890 g/mol. The van der Waals surface area contributed by atoms with Crippen LogP contribution < -0.4 is 47.1 Å². The molecule has 8 amide bonds. The number of urea groups is 1. The molecule has 0 unspecified atom stereocenters. The van der Waals surface area contributed by atoms with Gasteiger partial charge in [0.25, 0.3) is 52.1 Å². The lowest BCUT2D eigenvalue weighted by Crippen LogP contribution is -2.57. The number of allylic oxidation sites excluding steroid dienone is 8. The second-order valence-corrected chi connectivity index (χ2v) is 33.6. The first-order chi connectivity index (χ1) is 73.0. The lowest BCUT2D eigenvalue weighted by molar-refractivity contribution is -0.124. The number of para-hydroxylation sites is 10. The molecule has 0 atom stereocenters. The van der Waals surface area contributed by atoms with Crippen LogP contribution in [0.5, 0.6) is 17.6 Å². The Kier molecular flexibility index (Phi) is 30.2. The number of pyridine rings is 1. The van der Waals surface area contributed by atoms with E-state index in [0.717, 1.165) is 62.3 Å². The van der Waals surface area contributed by atoms with Crippen LogP contribution in [0, 0.1) is 31.8 Å². The Morgan fingerprint density at radius 1 is 0.333 bits per heavy atom. The lowest BCUT2D eigenvalue weighted by Gasteiger charge is -2.33. The number of aryl methyl sites for hydroxylation is 1. The maximum Gasteiger partial charge on any atom is 0.343 e. The first-order valence-electron chi connectivity index (χ1n) is 46.8. The Balaban J connectivity index is 0.000000138. The van der Waals surface area contributed by atoms with Gasteiger partial charge >= 0.3 is 11.7 Å². The highest BCUT2D eigenvalue weighted by atomic mass is 16.3. The highest BCUT2D eigenvalue weighted by Crippen LogP contribution is 2.39. The van der Waals surface area contributed by atoms with Crippen molar-refractivity contribution in [3.63, 3.8) is 0 Å². The van der Waals surface area contributed by atoms with Gasteiger partial charge in [-0.15, -0.1) is 0 Å². The first-order valence-corrected chi connectivity index (χ1v) is 46.8. The summed E-state index contributed by atoms with van der Waals surface area (Å²) in [4.78, 5) is 153. The molecule has 0 saturated carbocycles. The van der Waals surface area contributed by atoms with Gasteiger partial charge in [0, 0.05) is 28.0 Å². The maximum atomic E-state index is 13.6. The third-order valence-corrected chi connectivity index (χ3v) is 24.2. The first kappa shape index (κ1) is 100. The van der Waals surface area contributed by atoms with E-state index >= 15 is 0 Å². The topological polar surface area (TPSA) is 371 Å². The number of anilines is 5. The number of H-pyrrole nitrogens is 1. The second kappa shape index (κ2) is 45.2. The Hall–Kier alpha value is -21.4. The van der Waals surface area contributed by atoms with E-state index in [9.17, 15) is 73.3 Å². The van der Waals surface area contributed by atoms with Gasteiger partial charge in [-0.2, -0.15) is 30.6 Å². The highest BCUT2D eigenvalue weighted by Gasteiger charge is 2.44. The van der Waals surface area contributed by atoms with Crippen LogP contribution in [-0.2, 0) is 28.8 Å². The number of imide groups is 3. The number of carbonyl (C=O) groups is 7. The van der Waals surface area contributed by atoms with E-state index in [4.69, 9.17) is 11.7 Å². The lowest BCUT2D eigenvalue weighted by atomic mass is 9.94. The third-order valence-electron chi connectivity index (χ3n) is 24.2. The van der Waals surface area contributed by atoms with Gasteiger partial charge < -0.3 is 15.3 Å². The molecule has 16 aromatic rings. The molecule has 12 aromatic carbocycles. The van der Waals surface area contributed by atoms with E-state index < -0.39 is 58.2 Å². The Morgan fingerprint density at radius 2 is 0.693 bits per heavy atom. The SMILES string of the molecule is CC1=NN(c2ccccc2)C(=O)C1=C/C=C/c1c(C)[nH]n(-c2ccccc2)c1=O.O=C1C(=C/C=C/c2c(-c3ccccc3)nn(-c3ccccc3)c2O)C(c2ccccc2)=NN1c1ccccc1.O=C1C(=C/C=C/c2c(O)n(-c3ccccc3)c(=O)n(-c3ccccc3)c2=O)C(=O)N(c2ccccc2)C(=O)N1c1ccccc1.[C-]#[N+]c1c(C)c(C=CC=C2C(=O)N(c3ccccc3)C(=O)C(C#N)=C2C)c(=O)n(-c2ccccc2)c1O. The van der Waals surface area contributed by atoms with Crippen molar-refractivity contribution in [3.05, 3.63) is 538 Å². The summed E-state index contributed by atoms with van der Waals surface area (Å²) < 4.78 is 5.98. The molecule has 0 aliphatic carbocycles. The van der Waals surface area contributed by atoms with Crippen LogP contribution in [0.15, 0.2) is 475 Å². The number of hydrazone groups is 2. The molecule has 0 radical (unpaired) electrons. The van der Waals surface area contributed by atoms with Crippen LogP contribution in [0.25, 0.3) is 68.8 Å². The zero-order chi connectivity index (χ0) is 105. The molecule has 4 aliphatic heterocycles. The summed E-state index contributed by atoms with van der Waals surface area (Å²) in [5.74, 6) is -4.55. The molecule has 150 heavy (non-hydrogen) atoms. The zero-order valence-corrected chi connectivity index (χ0v) is 80.6. The minimum absolute atomic E-state index is 0.00955. The van der Waals surface area contributed by atoms with Gasteiger partial charge in [-0.05, 0) is 203 Å². The number of aromatic amines is 1. The van der Waals surface area contributed by atoms with Crippen molar-refractivity contribution in [1.29, 1.82) is 5.26 Å². The highest BCUT2D eigenvalue weighted by molar-refractivity contribution is 6.45. The van der Waals surface area contributed by atoms with Gasteiger partial charge in [-0.3, -0.25) is 52.8 Å².